The van der Waals surface area contributed by atoms with Gasteiger partial charge in [0, 0.05) is 24.0 Å². The maximum absolute atomic E-state index is 11.0. The quantitative estimate of drug-likeness (QED) is 0.834. The second-order valence-electron chi connectivity index (χ2n) is 2.87. The second-order valence-corrected chi connectivity index (χ2v) is 3.80. The molecule has 1 aromatic heterocycles. The molecule has 0 saturated heterocycles. The number of hydrogen-bond acceptors (Lipinski definition) is 4. The summed E-state index contributed by atoms with van der Waals surface area (Å²) in [5.41, 5.74) is 0. The van der Waals surface area contributed by atoms with E-state index in [2.05, 4.69) is 10.3 Å². The summed E-state index contributed by atoms with van der Waals surface area (Å²) in [4.78, 5) is 15.1. The molecule has 0 saturated carbocycles. The SMILES string of the molecule is CCOC(=O)NCC(C)c1nccs1. The van der Waals surface area contributed by atoms with Crippen molar-refractivity contribution in [3.8, 4) is 0 Å². The summed E-state index contributed by atoms with van der Waals surface area (Å²) in [5, 5.41) is 5.63. The molecule has 1 heterocycles. The molecule has 0 aliphatic carbocycles. The van der Waals surface area contributed by atoms with Crippen LogP contribution in [0.4, 0.5) is 4.79 Å². The van der Waals surface area contributed by atoms with Crippen LogP contribution in [0, 0.1) is 0 Å². The summed E-state index contributed by atoms with van der Waals surface area (Å²) in [6.07, 6.45) is 1.40. The van der Waals surface area contributed by atoms with Gasteiger partial charge in [0.15, 0.2) is 0 Å². The van der Waals surface area contributed by atoms with Crippen LogP contribution in [0.3, 0.4) is 0 Å². The number of amides is 1. The van der Waals surface area contributed by atoms with Crippen LogP contribution in [0.5, 0.6) is 0 Å². The number of aromatic nitrogens is 1. The van der Waals surface area contributed by atoms with E-state index < -0.39 is 0 Å². The second kappa shape index (κ2) is 5.59. The molecule has 5 heteroatoms. The zero-order chi connectivity index (χ0) is 10.4. The molecule has 78 valence electrons. The van der Waals surface area contributed by atoms with E-state index in [1.165, 1.54) is 0 Å². The summed E-state index contributed by atoms with van der Waals surface area (Å²) in [7, 11) is 0. The van der Waals surface area contributed by atoms with E-state index in [4.69, 9.17) is 4.74 Å². The summed E-state index contributed by atoms with van der Waals surface area (Å²) in [5.74, 6) is 0.236. The number of carbonyl (C=O) groups is 1. The third kappa shape index (κ3) is 3.33. The van der Waals surface area contributed by atoms with Crippen molar-refractivity contribution in [2.75, 3.05) is 13.2 Å². The number of thiazole rings is 1. The highest BCUT2D eigenvalue weighted by Gasteiger charge is 2.09. The molecule has 1 rings (SSSR count). The van der Waals surface area contributed by atoms with E-state index in [1.54, 1.807) is 24.5 Å². The lowest BCUT2D eigenvalue weighted by Crippen LogP contribution is -2.28. The molecule has 1 unspecified atom stereocenters. The average molecular weight is 214 g/mol. The van der Waals surface area contributed by atoms with Crippen molar-refractivity contribution in [1.82, 2.24) is 10.3 Å². The Labute approximate surface area is 87.3 Å². The molecule has 0 radical (unpaired) electrons. The molecule has 1 amide bonds. The Bertz CT molecular complexity index is 274. The van der Waals surface area contributed by atoms with Crippen molar-refractivity contribution in [1.29, 1.82) is 0 Å². The first-order chi connectivity index (χ1) is 6.74. The van der Waals surface area contributed by atoms with Gasteiger partial charge in [0.1, 0.15) is 0 Å². The first-order valence-electron chi connectivity index (χ1n) is 4.54. The highest BCUT2D eigenvalue weighted by molar-refractivity contribution is 7.09. The van der Waals surface area contributed by atoms with Gasteiger partial charge in [0.25, 0.3) is 0 Å². The van der Waals surface area contributed by atoms with Gasteiger partial charge in [-0.05, 0) is 6.92 Å². The van der Waals surface area contributed by atoms with Crippen LogP contribution in [0.2, 0.25) is 0 Å². The van der Waals surface area contributed by atoms with Crippen molar-refractivity contribution < 1.29 is 9.53 Å². The molecule has 14 heavy (non-hydrogen) atoms. The summed E-state index contributed by atoms with van der Waals surface area (Å²) in [6.45, 7) is 4.76. The molecule has 0 aliphatic rings. The van der Waals surface area contributed by atoms with Gasteiger partial charge in [-0.2, -0.15) is 0 Å². The number of alkyl carbamates (subject to hydrolysis) is 1. The van der Waals surface area contributed by atoms with E-state index >= 15 is 0 Å². The summed E-state index contributed by atoms with van der Waals surface area (Å²) < 4.78 is 4.74. The van der Waals surface area contributed by atoms with Crippen molar-refractivity contribution in [2.24, 2.45) is 0 Å². The van der Waals surface area contributed by atoms with Crippen LogP contribution in [-0.2, 0) is 4.74 Å². The molecule has 0 aliphatic heterocycles. The average Bonchev–Trinajstić information content (AvgIpc) is 2.67. The van der Waals surface area contributed by atoms with Gasteiger partial charge in [0.05, 0.1) is 11.6 Å². The number of nitrogens with one attached hydrogen (secondary N) is 1. The first-order valence-corrected chi connectivity index (χ1v) is 5.42. The predicted molar refractivity (Wildman–Crippen MR) is 55.6 cm³/mol. The Morgan fingerprint density at radius 1 is 1.79 bits per heavy atom. The maximum Gasteiger partial charge on any atom is 0.407 e. The molecular formula is C9H14N2O2S. The fourth-order valence-corrected chi connectivity index (χ4v) is 1.68. The topological polar surface area (TPSA) is 51.2 Å². The summed E-state index contributed by atoms with van der Waals surface area (Å²) >= 11 is 1.59. The standard InChI is InChI=1S/C9H14N2O2S/c1-3-13-9(12)11-6-7(2)8-10-4-5-14-8/h4-5,7H,3,6H2,1-2H3,(H,11,12). The molecule has 1 N–H and O–H groups in total. The molecule has 0 bridgehead atoms. The van der Waals surface area contributed by atoms with Crippen LogP contribution >= 0.6 is 11.3 Å². The molecular weight excluding hydrogens is 200 g/mol. The highest BCUT2D eigenvalue weighted by Crippen LogP contribution is 2.16. The molecule has 4 nitrogen and oxygen atoms in total. The van der Waals surface area contributed by atoms with Crippen LogP contribution in [0.15, 0.2) is 11.6 Å². The van der Waals surface area contributed by atoms with E-state index in [0.717, 1.165) is 5.01 Å². The van der Waals surface area contributed by atoms with Gasteiger partial charge in [0.2, 0.25) is 0 Å². The lowest BCUT2D eigenvalue weighted by molar-refractivity contribution is 0.151. The van der Waals surface area contributed by atoms with Crippen molar-refractivity contribution >= 4 is 17.4 Å². The Morgan fingerprint density at radius 2 is 2.57 bits per heavy atom. The van der Waals surface area contributed by atoms with Crippen molar-refractivity contribution in [2.45, 2.75) is 19.8 Å². The Balaban J connectivity index is 2.28. The number of rotatable bonds is 4. The zero-order valence-corrected chi connectivity index (χ0v) is 9.13. The predicted octanol–water partition coefficient (Wildman–Crippen LogP) is 1.99. The van der Waals surface area contributed by atoms with Crippen molar-refractivity contribution in [3.05, 3.63) is 16.6 Å². The molecule has 0 aromatic carbocycles. The van der Waals surface area contributed by atoms with Crippen LogP contribution in [-0.4, -0.2) is 24.2 Å². The Hall–Kier alpha value is -1.10. The third-order valence-electron chi connectivity index (χ3n) is 1.70. The lowest BCUT2D eigenvalue weighted by Gasteiger charge is -2.09. The minimum atomic E-state index is -0.365. The van der Waals surface area contributed by atoms with Crippen LogP contribution in [0.1, 0.15) is 24.8 Å². The summed E-state index contributed by atoms with van der Waals surface area (Å²) in [6, 6.07) is 0. The number of carbonyl (C=O) groups excluding carboxylic acids is 1. The highest BCUT2D eigenvalue weighted by atomic mass is 32.1. The minimum Gasteiger partial charge on any atom is -0.450 e. The van der Waals surface area contributed by atoms with E-state index in [0.29, 0.717) is 13.2 Å². The van der Waals surface area contributed by atoms with Gasteiger partial charge >= 0.3 is 6.09 Å². The third-order valence-corrected chi connectivity index (χ3v) is 2.71. The number of hydrogen-bond donors (Lipinski definition) is 1. The van der Waals surface area contributed by atoms with Gasteiger partial charge in [-0.1, -0.05) is 6.92 Å². The zero-order valence-electron chi connectivity index (χ0n) is 8.32. The monoisotopic (exact) mass is 214 g/mol. The molecule has 0 fully saturated rings. The van der Waals surface area contributed by atoms with E-state index in [-0.39, 0.29) is 12.0 Å². The molecule has 1 aromatic rings. The van der Waals surface area contributed by atoms with Gasteiger partial charge < -0.3 is 10.1 Å². The smallest absolute Gasteiger partial charge is 0.407 e. The van der Waals surface area contributed by atoms with Crippen LogP contribution < -0.4 is 5.32 Å². The molecule has 1 atom stereocenters. The van der Waals surface area contributed by atoms with Crippen LogP contribution in [0.25, 0.3) is 0 Å². The fraction of sp³-hybridized carbons (Fsp3) is 0.556. The fourth-order valence-electron chi connectivity index (χ4n) is 0.984. The number of nitrogens with zero attached hydrogens (tertiary/aromatic N) is 1. The van der Waals surface area contributed by atoms with Gasteiger partial charge in [-0.3, -0.25) is 0 Å². The van der Waals surface area contributed by atoms with Crippen molar-refractivity contribution in [3.63, 3.8) is 0 Å². The van der Waals surface area contributed by atoms with Gasteiger partial charge in [-0.15, -0.1) is 11.3 Å². The minimum absolute atomic E-state index is 0.236. The van der Waals surface area contributed by atoms with Gasteiger partial charge in [-0.25, -0.2) is 9.78 Å². The largest absolute Gasteiger partial charge is 0.450 e. The van der Waals surface area contributed by atoms with E-state index in [9.17, 15) is 4.79 Å². The van der Waals surface area contributed by atoms with E-state index in [1.807, 2.05) is 12.3 Å². The lowest BCUT2D eigenvalue weighted by atomic mass is 10.2. The Morgan fingerprint density at radius 3 is 3.14 bits per heavy atom. The first kappa shape index (κ1) is 11.0. The normalized spacial score (nSPS) is 12.1. The molecule has 0 spiro atoms. The Kier molecular flexibility index (Phi) is 4.39. The maximum atomic E-state index is 11.0. The number of ether oxygens (including phenoxy) is 1.